The monoisotopic (exact) mass is 334 g/mol. The lowest BCUT2D eigenvalue weighted by atomic mass is 10.3. The highest BCUT2D eigenvalue weighted by molar-refractivity contribution is 7.89. The zero-order valence-corrected chi connectivity index (χ0v) is 11.8. The first-order valence-corrected chi connectivity index (χ1v) is 7.04. The third kappa shape index (κ3) is 3.97. The number of hydrogen-bond acceptors (Lipinski definition) is 3. The fourth-order valence-electron chi connectivity index (χ4n) is 1.31. The number of anilines is 1. The Morgan fingerprint density at radius 1 is 1.35 bits per heavy atom. The topological polar surface area (TPSA) is 63.4 Å². The quantitative estimate of drug-likeness (QED) is 0.680. The predicted octanol–water partition coefficient (Wildman–Crippen LogP) is 2.63. The standard InChI is InChI=1S/C10H11ClF4N2O2S/c1-17(3-2-10(13,14)15)20(18,19)9-5-8(16)7(12)4-6(9)11/h4-5H,2-3,16H2,1H3. The molecule has 0 radical (unpaired) electrons. The van der Waals surface area contributed by atoms with E-state index in [0.717, 1.165) is 13.1 Å². The van der Waals surface area contributed by atoms with Crippen LogP contribution in [0.1, 0.15) is 6.42 Å². The van der Waals surface area contributed by atoms with Gasteiger partial charge in [-0.3, -0.25) is 0 Å². The molecule has 0 bridgehead atoms. The number of nitrogens with two attached hydrogens (primary N) is 1. The van der Waals surface area contributed by atoms with E-state index in [1.165, 1.54) is 0 Å². The normalized spacial score (nSPS) is 12.9. The van der Waals surface area contributed by atoms with Gasteiger partial charge in [0.15, 0.2) is 0 Å². The fraction of sp³-hybridized carbons (Fsp3) is 0.400. The van der Waals surface area contributed by atoms with Crippen molar-refractivity contribution in [1.29, 1.82) is 0 Å². The second-order valence-electron chi connectivity index (χ2n) is 4.00. The van der Waals surface area contributed by atoms with Gasteiger partial charge in [-0.2, -0.15) is 13.2 Å². The molecule has 10 heteroatoms. The molecule has 114 valence electrons. The highest BCUT2D eigenvalue weighted by Gasteiger charge is 2.31. The van der Waals surface area contributed by atoms with Crippen LogP contribution in [0.25, 0.3) is 0 Å². The number of nitrogens with zero attached hydrogens (tertiary/aromatic N) is 1. The minimum Gasteiger partial charge on any atom is -0.396 e. The summed E-state index contributed by atoms with van der Waals surface area (Å²) in [7, 11) is -3.31. The van der Waals surface area contributed by atoms with Gasteiger partial charge in [0.2, 0.25) is 10.0 Å². The van der Waals surface area contributed by atoms with Crippen LogP contribution in [-0.4, -0.2) is 32.5 Å². The maximum Gasteiger partial charge on any atom is 0.390 e. The first kappa shape index (κ1) is 17.0. The van der Waals surface area contributed by atoms with Crippen LogP contribution < -0.4 is 5.73 Å². The Labute approximate surface area is 118 Å². The van der Waals surface area contributed by atoms with Crippen LogP contribution in [-0.2, 0) is 10.0 Å². The van der Waals surface area contributed by atoms with E-state index in [4.69, 9.17) is 17.3 Å². The third-order valence-corrected chi connectivity index (χ3v) is 4.77. The number of rotatable bonds is 4. The zero-order valence-electron chi connectivity index (χ0n) is 10.2. The second-order valence-corrected chi connectivity index (χ2v) is 6.42. The molecule has 1 aromatic rings. The Bertz CT molecular complexity index is 604. The number of halogens is 5. The molecular weight excluding hydrogens is 324 g/mol. The molecule has 2 N–H and O–H groups in total. The van der Waals surface area contributed by atoms with Gasteiger partial charge >= 0.3 is 6.18 Å². The van der Waals surface area contributed by atoms with Crippen molar-refractivity contribution in [3.8, 4) is 0 Å². The van der Waals surface area contributed by atoms with Crippen molar-refractivity contribution in [2.75, 3.05) is 19.3 Å². The Balaban J connectivity index is 3.08. The summed E-state index contributed by atoms with van der Waals surface area (Å²) in [5.74, 6) is -0.910. The molecule has 0 atom stereocenters. The van der Waals surface area contributed by atoms with Gasteiger partial charge in [-0.25, -0.2) is 17.1 Å². The van der Waals surface area contributed by atoms with E-state index in [1.54, 1.807) is 0 Å². The van der Waals surface area contributed by atoms with E-state index in [1.807, 2.05) is 0 Å². The van der Waals surface area contributed by atoms with Crippen LogP contribution >= 0.6 is 11.6 Å². The van der Waals surface area contributed by atoms with Crippen molar-refractivity contribution in [2.24, 2.45) is 0 Å². The Hall–Kier alpha value is -1.06. The number of alkyl halides is 3. The molecule has 0 unspecified atom stereocenters. The van der Waals surface area contributed by atoms with Crippen molar-refractivity contribution in [3.63, 3.8) is 0 Å². The molecule has 0 heterocycles. The van der Waals surface area contributed by atoms with Gasteiger partial charge < -0.3 is 5.73 Å². The van der Waals surface area contributed by atoms with E-state index in [-0.39, 0.29) is 0 Å². The molecule has 4 nitrogen and oxygen atoms in total. The molecule has 0 aromatic heterocycles. The lowest BCUT2D eigenvalue weighted by Gasteiger charge is -2.19. The highest BCUT2D eigenvalue weighted by Crippen LogP contribution is 2.29. The molecule has 0 aliphatic carbocycles. The Morgan fingerprint density at radius 3 is 2.40 bits per heavy atom. The maximum absolute atomic E-state index is 13.1. The average molecular weight is 335 g/mol. The smallest absolute Gasteiger partial charge is 0.390 e. The van der Waals surface area contributed by atoms with Gasteiger partial charge in [0.25, 0.3) is 0 Å². The number of sulfonamides is 1. The second kappa shape index (κ2) is 5.74. The van der Waals surface area contributed by atoms with Gasteiger partial charge in [-0.1, -0.05) is 11.6 Å². The molecule has 0 amide bonds. The summed E-state index contributed by atoms with van der Waals surface area (Å²) >= 11 is 5.60. The fourth-order valence-corrected chi connectivity index (χ4v) is 3.01. The Morgan fingerprint density at radius 2 is 1.90 bits per heavy atom. The summed E-state index contributed by atoms with van der Waals surface area (Å²) in [4.78, 5) is -0.539. The van der Waals surface area contributed by atoms with E-state index < -0.39 is 50.6 Å². The maximum atomic E-state index is 13.1. The summed E-state index contributed by atoms with van der Waals surface area (Å²) in [6, 6.07) is 1.47. The molecule has 1 aromatic carbocycles. The van der Waals surface area contributed by atoms with Gasteiger partial charge in [0.1, 0.15) is 10.7 Å². The minimum atomic E-state index is -4.49. The summed E-state index contributed by atoms with van der Waals surface area (Å²) < 4.78 is 73.9. The summed E-state index contributed by atoms with van der Waals surface area (Å²) in [5, 5.41) is -0.449. The van der Waals surface area contributed by atoms with Gasteiger partial charge in [0.05, 0.1) is 17.1 Å². The van der Waals surface area contributed by atoms with E-state index >= 15 is 0 Å². The molecular formula is C10H11ClF4N2O2S. The van der Waals surface area contributed by atoms with Crippen LogP contribution in [0.3, 0.4) is 0 Å². The van der Waals surface area contributed by atoms with E-state index in [0.29, 0.717) is 10.4 Å². The van der Waals surface area contributed by atoms with Crippen molar-refractivity contribution < 1.29 is 26.0 Å². The lowest BCUT2D eigenvalue weighted by molar-refractivity contribution is -0.135. The van der Waals surface area contributed by atoms with Crippen molar-refractivity contribution in [2.45, 2.75) is 17.5 Å². The molecule has 0 aliphatic heterocycles. The van der Waals surface area contributed by atoms with Crippen LogP contribution in [0.15, 0.2) is 17.0 Å². The van der Waals surface area contributed by atoms with E-state index in [2.05, 4.69) is 0 Å². The van der Waals surface area contributed by atoms with Crippen LogP contribution in [0.4, 0.5) is 23.2 Å². The minimum absolute atomic E-state index is 0.449. The average Bonchev–Trinajstić information content (AvgIpc) is 2.29. The zero-order chi connectivity index (χ0) is 15.7. The number of nitrogen functional groups attached to an aromatic ring is 1. The largest absolute Gasteiger partial charge is 0.396 e. The first-order valence-electron chi connectivity index (χ1n) is 5.23. The Kier molecular flexibility index (Phi) is 4.88. The molecule has 0 aliphatic rings. The van der Waals surface area contributed by atoms with Gasteiger partial charge in [0, 0.05) is 13.6 Å². The van der Waals surface area contributed by atoms with Gasteiger partial charge in [-0.05, 0) is 12.1 Å². The summed E-state index contributed by atoms with van der Waals surface area (Å²) in [6.07, 6.45) is -5.80. The highest BCUT2D eigenvalue weighted by atomic mass is 35.5. The summed E-state index contributed by atoms with van der Waals surface area (Å²) in [5.41, 5.74) is 4.77. The summed E-state index contributed by atoms with van der Waals surface area (Å²) in [6.45, 7) is -0.778. The number of benzene rings is 1. The first-order chi connectivity index (χ1) is 8.95. The third-order valence-electron chi connectivity index (χ3n) is 2.45. The molecule has 20 heavy (non-hydrogen) atoms. The van der Waals surface area contributed by atoms with Crippen molar-refractivity contribution in [1.82, 2.24) is 4.31 Å². The van der Waals surface area contributed by atoms with Crippen LogP contribution in [0.5, 0.6) is 0 Å². The van der Waals surface area contributed by atoms with Crippen molar-refractivity contribution >= 4 is 27.3 Å². The molecule has 0 saturated heterocycles. The van der Waals surface area contributed by atoms with Crippen LogP contribution in [0, 0.1) is 5.82 Å². The molecule has 0 fully saturated rings. The van der Waals surface area contributed by atoms with E-state index in [9.17, 15) is 26.0 Å². The SMILES string of the molecule is CN(CCC(F)(F)F)S(=O)(=O)c1cc(N)c(F)cc1Cl. The number of hydrogen-bond donors (Lipinski definition) is 1. The van der Waals surface area contributed by atoms with Crippen LogP contribution in [0.2, 0.25) is 5.02 Å². The lowest BCUT2D eigenvalue weighted by Crippen LogP contribution is -2.31. The van der Waals surface area contributed by atoms with Crippen molar-refractivity contribution in [3.05, 3.63) is 23.0 Å². The molecule has 0 saturated carbocycles. The molecule has 0 spiro atoms. The predicted molar refractivity (Wildman–Crippen MR) is 66.3 cm³/mol. The van der Waals surface area contributed by atoms with Gasteiger partial charge in [-0.15, -0.1) is 0 Å². The molecule has 1 rings (SSSR count).